The molecule has 0 saturated heterocycles. The third-order valence-electron chi connectivity index (χ3n) is 2.41. The maximum absolute atomic E-state index is 11.8. The normalized spacial score (nSPS) is 10.7. The number of hydrogen-bond acceptors (Lipinski definition) is 5. The first-order valence-corrected chi connectivity index (χ1v) is 5.79. The summed E-state index contributed by atoms with van der Waals surface area (Å²) in [4.78, 5) is 22.3. The molecule has 1 N–H and O–H groups in total. The summed E-state index contributed by atoms with van der Waals surface area (Å²) >= 11 is 0. The van der Waals surface area contributed by atoms with E-state index in [9.17, 15) is 9.59 Å². The van der Waals surface area contributed by atoms with Gasteiger partial charge in [0.05, 0.1) is 12.4 Å². The van der Waals surface area contributed by atoms with Gasteiger partial charge >= 0.3 is 0 Å². The van der Waals surface area contributed by atoms with Gasteiger partial charge in [0.25, 0.3) is 0 Å². The van der Waals surface area contributed by atoms with Gasteiger partial charge < -0.3 is 5.32 Å². The van der Waals surface area contributed by atoms with E-state index in [4.69, 9.17) is 0 Å². The fraction of sp³-hybridized carbons (Fsp3) is 0.364. The molecule has 2 heterocycles. The predicted molar refractivity (Wildman–Crippen MR) is 66.7 cm³/mol. The van der Waals surface area contributed by atoms with Crippen LogP contribution in [0.15, 0.2) is 18.5 Å². The lowest BCUT2D eigenvalue weighted by atomic mass is 10.4. The van der Waals surface area contributed by atoms with Crippen molar-refractivity contribution in [2.45, 2.75) is 26.4 Å². The molecule has 100 valence electrons. The molecule has 0 atom stereocenters. The van der Waals surface area contributed by atoms with Crippen LogP contribution < -0.4 is 5.32 Å². The highest BCUT2D eigenvalue weighted by Gasteiger charge is 2.10. The molecule has 2 aromatic heterocycles. The van der Waals surface area contributed by atoms with Crippen LogP contribution >= 0.6 is 0 Å². The molecule has 0 fully saturated rings. The Morgan fingerprint density at radius 1 is 1.53 bits per heavy atom. The third-order valence-corrected chi connectivity index (χ3v) is 2.41. The standard InChI is InChI=1S/C11H14N6O2/c1-8(2)17-10(3-4-12-17)13-11(19)6-16-5-9(7-18)14-15-16/h3-5,7-8H,6H2,1-2H3,(H,13,19). The van der Waals surface area contributed by atoms with E-state index in [0.717, 1.165) is 0 Å². The van der Waals surface area contributed by atoms with Crippen LogP contribution in [0.2, 0.25) is 0 Å². The second kappa shape index (κ2) is 5.42. The summed E-state index contributed by atoms with van der Waals surface area (Å²) in [5.41, 5.74) is 0.194. The van der Waals surface area contributed by atoms with Gasteiger partial charge in [0.15, 0.2) is 6.29 Å². The lowest BCUT2D eigenvalue weighted by molar-refractivity contribution is -0.117. The first kappa shape index (κ1) is 12.9. The van der Waals surface area contributed by atoms with Crippen molar-refractivity contribution < 1.29 is 9.59 Å². The van der Waals surface area contributed by atoms with Gasteiger partial charge in [-0.05, 0) is 13.8 Å². The summed E-state index contributed by atoms with van der Waals surface area (Å²) in [7, 11) is 0. The van der Waals surface area contributed by atoms with Crippen LogP contribution in [0.3, 0.4) is 0 Å². The predicted octanol–water partition coefficient (Wildman–Crippen LogP) is 0.507. The summed E-state index contributed by atoms with van der Waals surface area (Å²) in [6.07, 6.45) is 3.61. The van der Waals surface area contributed by atoms with Crippen LogP contribution in [-0.2, 0) is 11.3 Å². The average Bonchev–Trinajstić information content (AvgIpc) is 2.97. The Bertz CT molecular complexity index is 586. The molecule has 0 spiro atoms. The van der Waals surface area contributed by atoms with Gasteiger partial charge in [0, 0.05) is 12.1 Å². The Labute approximate surface area is 109 Å². The monoisotopic (exact) mass is 262 g/mol. The van der Waals surface area contributed by atoms with Gasteiger partial charge in [0.2, 0.25) is 5.91 Å². The summed E-state index contributed by atoms with van der Waals surface area (Å²) in [5.74, 6) is 0.362. The highest BCUT2D eigenvalue weighted by molar-refractivity contribution is 5.89. The van der Waals surface area contributed by atoms with Crippen molar-refractivity contribution in [2.75, 3.05) is 5.32 Å². The van der Waals surface area contributed by atoms with E-state index in [1.54, 1.807) is 16.9 Å². The zero-order valence-electron chi connectivity index (χ0n) is 10.6. The van der Waals surface area contributed by atoms with E-state index in [0.29, 0.717) is 12.1 Å². The van der Waals surface area contributed by atoms with Crippen molar-refractivity contribution in [2.24, 2.45) is 0 Å². The lowest BCUT2D eigenvalue weighted by Gasteiger charge is -2.11. The van der Waals surface area contributed by atoms with E-state index >= 15 is 0 Å². The second-order valence-electron chi connectivity index (χ2n) is 4.26. The molecule has 0 radical (unpaired) electrons. The minimum absolute atomic E-state index is 0.00981. The zero-order chi connectivity index (χ0) is 13.8. The van der Waals surface area contributed by atoms with E-state index < -0.39 is 0 Å². The van der Waals surface area contributed by atoms with Crippen LogP contribution in [0.25, 0.3) is 0 Å². The molecule has 8 heteroatoms. The largest absolute Gasteiger partial charge is 0.309 e. The Hall–Kier alpha value is -2.51. The fourth-order valence-electron chi connectivity index (χ4n) is 1.60. The number of amides is 1. The molecular formula is C11H14N6O2. The van der Waals surface area contributed by atoms with E-state index in [1.165, 1.54) is 10.9 Å². The molecule has 0 aliphatic heterocycles. The van der Waals surface area contributed by atoms with Crippen LogP contribution in [-0.4, -0.2) is 37.0 Å². The zero-order valence-corrected chi connectivity index (χ0v) is 10.6. The van der Waals surface area contributed by atoms with E-state index in [-0.39, 0.29) is 24.2 Å². The van der Waals surface area contributed by atoms with E-state index in [1.807, 2.05) is 13.8 Å². The molecule has 2 aromatic rings. The second-order valence-corrected chi connectivity index (χ2v) is 4.26. The number of hydrogen-bond donors (Lipinski definition) is 1. The average molecular weight is 262 g/mol. The number of anilines is 1. The minimum Gasteiger partial charge on any atom is -0.309 e. The first-order valence-electron chi connectivity index (χ1n) is 5.79. The van der Waals surface area contributed by atoms with Crippen LogP contribution in [0.4, 0.5) is 5.82 Å². The van der Waals surface area contributed by atoms with Crippen LogP contribution in [0.5, 0.6) is 0 Å². The highest BCUT2D eigenvalue weighted by Crippen LogP contribution is 2.12. The quantitative estimate of drug-likeness (QED) is 0.792. The Morgan fingerprint density at radius 3 is 2.95 bits per heavy atom. The van der Waals surface area contributed by atoms with Crippen molar-refractivity contribution in [1.29, 1.82) is 0 Å². The molecule has 2 rings (SSSR count). The molecule has 19 heavy (non-hydrogen) atoms. The number of nitrogens with one attached hydrogen (secondary N) is 1. The summed E-state index contributed by atoms with van der Waals surface area (Å²) in [6.45, 7) is 3.93. The molecule has 0 aliphatic rings. The fourth-order valence-corrected chi connectivity index (χ4v) is 1.60. The molecule has 0 aliphatic carbocycles. The SMILES string of the molecule is CC(C)n1nccc1NC(=O)Cn1cc(C=O)nn1. The molecule has 0 bridgehead atoms. The van der Waals surface area contributed by atoms with Crippen molar-refractivity contribution in [1.82, 2.24) is 24.8 Å². The van der Waals surface area contributed by atoms with Gasteiger partial charge in [0.1, 0.15) is 18.1 Å². The highest BCUT2D eigenvalue weighted by atomic mass is 16.2. The summed E-state index contributed by atoms with van der Waals surface area (Å²) in [5, 5.41) is 14.1. The van der Waals surface area contributed by atoms with Gasteiger partial charge in [-0.3, -0.25) is 9.59 Å². The maximum Gasteiger partial charge on any atom is 0.247 e. The smallest absolute Gasteiger partial charge is 0.247 e. The number of aldehydes is 1. The van der Waals surface area contributed by atoms with Gasteiger partial charge in [-0.15, -0.1) is 5.10 Å². The van der Waals surface area contributed by atoms with Gasteiger partial charge in [-0.1, -0.05) is 5.21 Å². The molecule has 0 unspecified atom stereocenters. The number of carbonyl (C=O) groups excluding carboxylic acids is 2. The molecule has 0 aromatic carbocycles. The maximum atomic E-state index is 11.8. The molecule has 0 saturated carbocycles. The van der Waals surface area contributed by atoms with Crippen molar-refractivity contribution >= 4 is 18.0 Å². The van der Waals surface area contributed by atoms with E-state index in [2.05, 4.69) is 20.7 Å². The van der Waals surface area contributed by atoms with Gasteiger partial charge in [-0.2, -0.15) is 5.10 Å². The third kappa shape index (κ3) is 3.03. The lowest BCUT2D eigenvalue weighted by Crippen LogP contribution is -2.21. The summed E-state index contributed by atoms with van der Waals surface area (Å²) < 4.78 is 3.01. The molecule has 1 amide bonds. The summed E-state index contributed by atoms with van der Waals surface area (Å²) in [6, 6.07) is 1.87. The Morgan fingerprint density at radius 2 is 2.32 bits per heavy atom. The minimum atomic E-state index is -0.259. The Balaban J connectivity index is 2.01. The van der Waals surface area contributed by atoms with Crippen molar-refractivity contribution in [3.05, 3.63) is 24.2 Å². The number of aromatic nitrogens is 5. The number of rotatable bonds is 5. The number of nitrogens with zero attached hydrogens (tertiary/aromatic N) is 5. The van der Waals surface area contributed by atoms with Crippen molar-refractivity contribution in [3.8, 4) is 0 Å². The molecule has 8 nitrogen and oxygen atoms in total. The van der Waals surface area contributed by atoms with Crippen LogP contribution in [0.1, 0.15) is 30.4 Å². The van der Waals surface area contributed by atoms with Crippen LogP contribution in [0, 0.1) is 0 Å². The number of carbonyl (C=O) groups is 2. The Kier molecular flexibility index (Phi) is 3.69. The topological polar surface area (TPSA) is 94.7 Å². The first-order chi connectivity index (χ1) is 9.10. The van der Waals surface area contributed by atoms with Gasteiger partial charge in [-0.25, -0.2) is 9.36 Å². The molecular weight excluding hydrogens is 248 g/mol. The van der Waals surface area contributed by atoms with Crippen molar-refractivity contribution in [3.63, 3.8) is 0 Å².